The molecule has 2 rings (SSSR count). The zero-order valence-electron chi connectivity index (χ0n) is 10.5. The van der Waals surface area contributed by atoms with Crippen LogP contribution in [0.5, 0.6) is 0 Å². The Bertz CT molecular complexity index is 593. The number of amides is 1. The van der Waals surface area contributed by atoms with Crippen molar-refractivity contribution in [1.29, 1.82) is 0 Å². The van der Waals surface area contributed by atoms with Gasteiger partial charge in [0.2, 0.25) is 5.91 Å². The monoisotopic (exact) mass is 241 g/mol. The number of nitrogens with two attached hydrogens (primary N) is 1. The molecule has 0 bridgehead atoms. The number of aromatic nitrogens is 2. The Balaban J connectivity index is 2.38. The second-order valence-corrected chi connectivity index (χ2v) is 4.34. The van der Waals surface area contributed by atoms with Crippen molar-refractivity contribution in [3.63, 3.8) is 0 Å². The molecule has 0 radical (unpaired) electrons. The number of carbonyl (C=O) groups excluding carboxylic acids is 1. The highest BCUT2D eigenvalue weighted by Crippen LogP contribution is 2.21. The number of hydrogen-bond acceptors (Lipinski definition) is 3. The van der Waals surface area contributed by atoms with Crippen LogP contribution in [0.1, 0.15) is 16.8 Å². The zero-order chi connectivity index (χ0) is 13.1. The van der Waals surface area contributed by atoms with Gasteiger partial charge < -0.3 is 5.73 Å². The minimum Gasteiger partial charge on any atom is -0.369 e. The number of carbonyl (C=O) groups is 1. The van der Waals surface area contributed by atoms with Crippen LogP contribution in [0.25, 0.3) is 11.3 Å². The highest BCUT2D eigenvalue weighted by Gasteiger charge is 2.06. The van der Waals surface area contributed by atoms with Crippen molar-refractivity contribution in [3.05, 3.63) is 47.4 Å². The fourth-order valence-electron chi connectivity index (χ4n) is 1.93. The Morgan fingerprint density at radius 3 is 2.67 bits per heavy atom. The van der Waals surface area contributed by atoms with Crippen molar-refractivity contribution in [3.8, 4) is 11.3 Å². The van der Waals surface area contributed by atoms with Crippen LogP contribution in [-0.2, 0) is 11.2 Å². The predicted molar refractivity (Wildman–Crippen MR) is 69.8 cm³/mol. The van der Waals surface area contributed by atoms with E-state index >= 15 is 0 Å². The fraction of sp³-hybridized carbons (Fsp3) is 0.214. The summed E-state index contributed by atoms with van der Waals surface area (Å²) in [5.41, 5.74) is 9.94. The van der Waals surface area contributed by atoms with Gasteiger partial charge in [-0.1, -0.05) is 6.07 Å². The third kappa shape index (κ3) is 2.71. The number of nitrogens with zero attached hydrogens (tertiary/aromatic N) is 2. The molecule has 2 heterocycles. The van der Waals surface area contributed by atoms with Gasteiger partial charge >= 0.3 is 0 Å². The number of hydrogen-bond donors (Lipinski definition) is 1. The first-order valence-electron chi connectivity index (χ1n) is 5.73. The standard InChI is InChI=1S/C14H15N3O/c1-9-5-11(7-13(15)18)8-17-14(9)12-3-4-16-10(2)6-12/h3-6,8H,7H2,1-2H3,(H2,15,18). The molecule has 4 heteroatoms. The molecule has 92 valence electrons. The van der Waals surface area contributed by atoms with E-state index in [0.717, 1.165) is 28.1 Å². The van der Waals surface area contributed by atoms with Crippen molar-refractivity contribution in [2.24, 2.45) is 5.73 Å². The van der Waals surface area contributed by atoms with Crippen molar-refractivity contribution >= 4 is 5.91 Å². The molecule has 2 N–H and O–H groups in total. The van der Waals surface area contributed by atoms with Gasteiger partial charge in [0.25, 0.3) is 0 Å². The maximum absolute atomic E-state index is 10.9. The summed E-state index contributed by atoms with van der Waals surface area (Å²) in [7, 11) is 0. The third-order valence-electron chi connectivity index (χ3n) is 2.68. The Morgan fingerprint density at radius 1 is 1.28 bits per heavy atom. The van der Waals surface area contributed by atoms with Crippen LogP contribution in [0.15, 0.2) is 30.6 Å². The molecule has 0 fully saturated rings. The van der Waals surface area contributed by atoms with E-state index in [2.05, 4.69) is 9.97 Å². The minimum absolute atomic E-state index is 0.226. The van der Waals surface area contributed by atoms with E-state index in [4.69, 9.17) is 5.73 Å². The first-order chi connectivity index (χ1) is 8.56. The average molecular weight is 241 g/mol. The van der Waals surface area contributed by atoms with Crippen LogP contribution < -0.4 is 5.73 Å². The number of primary amides is 1. The molecular weight excluding hydrogens is 226 g/mol. The van der Waals surface area contributed by atoms with E-state index in [9.17, 15) is 4.79 Å². The molecule has 0 saturated carbocycles. The fourth-order valence-corrected chi connectivity index (χ4v) is 1.93. The van der Waals surface area contributed by atoms with Crippen molar-refractivity contribution in [1.82, 2.24) is 9.97 Å². The SMILES string of the molecule is Cc1cc(-c2ncc(CC(N)=O)cc2C)ccn1. The molecule has 0 atom stereocenters. The van der Waals surface area contributed by atoms with Crippen molar-refractivity contribution in [2.45, 2.75) is 20.3 Å². The largest absolute Gasteiger partial charge is 0.369 e. The van der Waals surface area contributed by atoms with Crippen LogP contribution in [0.4, 0.5) is 0 Å². The second kappa shape index (κ2) is 4.96. The summed E-state index contributed by atoms with van der Waals surface area (Å²) in [5.74, 6) is -0.344. The summed E-state index contributed by atoms with van der Waals surface area (Å²) < 4.78 is 0. The molecule has 0 aliphatic carbocycles. The van der Waals surface area contributed by atoms with Gasteiger partial charge in [0.15, 0.2) is 0 Å². The Kier molecular flexibility index (Phi) is 3.37. The summed E-state index contributed by atoms with van der Waals surface area (Å²) in [5, 5.41) is 0. The van der Waals surface area contributed by atoms with Crippen LogP contribution in [0.2, 0.25) is 0 Å². The average Bonchev–Trinajstić information content (AvgIpc) is 2.28. The highest BCUT2D eigenvalue weighted by atomic mass is 16.1. The third-order valence-corrected chi connectivity index (χ3v) is 2.68. The number of pyridine rings is 2. The van der Waals surface area contributed by atoms with Gasteiger partial charge in [-0.25, -0.2) is 0 Å². The van der Waals surface area contributed by atoms with E-state index in [1.807, 2.05) is 32.0 Å². The van der Waals surface area contributed by atoms with Gasteiger partial charge in [0.1, 0.15) is 0 Å². The van der Waals surface area contributed by atoms with Crippen molar-refractivity contribution in [2.75, 3.05) is 0 Å². The summed E-state index contributed by atoms with van der Waals surface area (Å²) >= 11 is 0. The first-order valence-corrected chi connectivity index (χ1v) is 5.73. The van der Waals surface area contributed by atoms with E-state index in [1.54, 1.807) is 12.4 Å². The van der Waals surface area contributed by atoms with E-state index < -0.39 is 0 Å². The maximum Gasteiger partial charge on any atom is 0.221 e. The maximum atomic E-state index is 10.9. The first kappa shape index (κ1) is 12.2. The summed E-state index contributed by atoms with van der Waals surface area (Å²) in [4.78, 5) is 19.4. The van der Waals surface area contributed by atoms with Crippen LogP contribution in [0.3, 0.4) is 0 Å². The molecule has 18 heavy (non-hydrogen) atoms. The topological polar surface area (TPSA) is 68.9 Å². The molecule has 1 amide bonds. The van der Waals surface area contributed by atoms with E-state index in [0.29, 0.717) is 0 Å². The van der Waals surface area contributed by atoms with Gasteiger partial charge in [-0.3, -0.25) is 14.8 Å². The van der Waals surface area contributed by atoms with Crippen LogP contribution in [-0.4, -0.2) is 15.9 Å². The van der Waals surface area contributed by atoms with Gasteiger partial charge in [0, 0.05) is 23.7 Å². The molecule has 0 aliphatic rings. The quantitative estimate of drug-likeness (QED) is 0.890. The molecule has 0 aliphatic heterocycles. The molecule has 4 nitrogen and oxygen atoms in total. The lowest BCUT2D eigenvalue weighted by Gasteiger charge is -2.07. The predicted octanol–water partition coefficient (Wildman–Crippen LogP) is 1.79. The molecule has 2 aromatic rings. The molecular formula is C14H15N3O. The van der Waals surface area contributed by atoms with E-state index in [1.165, 1.54) is 0 Å². The lowest BCUT2D eigenvalue weighted by atomic mass is 10.0. The molecule has 2 aromatic heterocycles. The van der Waals surface area contributed by atoms with Gasteiger partial charge in [-0.05, 0) is 37.1 Å². The summed E-state index contributed by atoms with van der Waals surface area (Å²) in [6.07, 6.45) is 3.69. The smallest absolute Gasteiger partial charge is 0.221 e. The highest BCUT2D eigenvalue weighted by molar-refractivity contribution is 5.76. The Labute approximate surface area is 106 Å². The summed E-state index contributed by atoms with van der Waals surface area (Å²) in [6, 6.07) is 5.86. The Hall–Kier alpha value is -2.23. The lowest BCUT2D eigenvalue weighted by molar-refractivity contribution is -0.117. The molecule has 0 saturated heterocycles. The Morgan fingerprint density at radius 2 is 2.06 bits per heavy atom. The minimum atomic E-state index is -0.344. The van der Waals surface area contributed by atoms with Gasteiger partial charge in [-0.15, -0.1) is 0 Å². The normalized spacial score (nSPS) is 10.3. The van der Waals surface area contributed by atoms with E-state index in [-0.39, 0.29) is 12.3 Å². The molecule has 0 spiro atoms. The molecule has 0 unspecified atom stereocenters. The van der Waals surface area contributed by atoms with Gasteiger partial charge in [0.05, 0.1) is 12.1 Å². The summed E-state index contributed by atoms with van der Waals surface area (Å²) in [6.45, 7) is 3.92. The second-order valence-electron chi connectivity index (χ2n) is 4.34. The molecule has 0 aromatic carbocycles. The number of rotatable bonds is 3. The zero-order valence-corrected chi connectivity index (χ0v) is 10.5. The van der Waals surface area contributed by atoms with Crippen molar-refractivity contribution < 1.29 is 4.79 Å². The number of aryl methyl sites for hydroxylation is 2. The van der Waals surface area contributed by atoms with Crippen LogP contribution >= 0.6 is 0 Å². The van der Waals surface area contributed by atoms with Gasteiger partial charge in [-0.2, -0.15) is 0 Å². The van der Waals surface area contributed by atoms with Crippen LogP contribution in [0, 0.1) is 13.8 Å². The lowest BCUT2D eigenvalue weighted by Crippen LogP contribution is -2.14.